The van der Waals surface area contributed by atoms with Crippen molar-refractivity contribution in [2.45, 2.75) is 44.6 Å². The Morgan fingerprint density at radius 3 is 2.60 bits per heavy atom. The van der Waals surface area contributed by atoms with E-state index in [0.29, 0.717) is 25.7 Å². The molecule has 1 heterocycles. The van der Waals surface area contributed by atoms with E-state index < -0.39 is 0 Å². The van der Waals surface area contributed by atoms with Gasteiger partial charge in [-0.1, -0.05) is 6.42 Å². The van der Waals surface area contributed by atoms with Gasteiger partial charge >= 0.3 is 0 Å². The van der Waals surface area contributed by atoms with Crippen LogP contribution in [0.1, 0.15) is 38.5 Å². The molecule has 0 spiro atoms. The summed E-state index contributed by atoms with van der Waals surface area (Å²) in [5, 5.41) is 11.8. The number of amides is 1. The van der Waals surface area contributed by atoms with Crippen molar-refractivity contribution < 1.29 is 14.6 Å². The molecule has 5 nitrogen and oxygen atoms in total. The minimum absolute atomic E-state index is 0.163. The van der Waals surface area contributed by atoms with Crippen LogP contribution in [0.3, 0.4) is 0 Å². The van der Waals surface area contributed by atoms with Gasteiger partial charge in [0.1, 0.15) is 0 Å². The highest BCUT2D eigenvalue weighted by molar-refractivity contribution is 5.78. The number of ether oxygens (including phenoxy) is 1. The zero-order valence-corrected chi connectivity index (χ0v) is 12.4. The van der Waals surface area contributed by atoms with E-state index in [2.05, 4.69) is 10.2 Å². The molecule has 0 atom stereocenters. The van der Waals surface area contributed by atoms with Gasteiger partial charge in [-0.05, 0) is 38.0 Å². The van der Waals surface area contributed by atoms with Gasteiger partial charge in [-0.15, -0.1) is 0 Å². The van der Waals surface area contributed by atoms with Crippen LogP contribution >= 0.6 is 0 Å². The van der Waals surface area contributed by atoms with E-state index >= 15 is 0 Å². The maximum absolute atomic E-state index is 11.8. The van der Waals surface area contributed by atoms with Crippen molar-refractivity contribution in [2.75, 3.05) is 39.4 Å². The van der Waals surface area contributed by atoms with Crippen LogP contribution in [0.5, 0.6) is 0 Å². The van der Waals surface area contributed by atoms with E-state index in [4.69, 9.17) is 9.84 Å². The van der Waals surface area contributed by atoms with Gasteiger partial charge in [0.25, 0.3) is 0 Å². The molecule has 0 radical (unpaired) electrons. The lowest BCUT2D eigenvalue weighted by atomic mass is 9.85. The molecule has 0 aromatic carbocycles. The third kappa shape index (κ3) is 5.38. The molecule has 1 saturated carbocycles. The molecule has 0 aromatic heterocycles. The maximum Gasteiger partial charge on any atom is 0.234 e. The number of nitrogens with one attached hydrogen (secondary N) is 1. The van der Waals surface area contributed by atoms with Crippen molar-refractivity contribution in [3.63, 3.8) is 0 Å². The average Bonchev–Trinajstić information content (AvgIpc) is 2.39. The number of hydrogen-bond acceptors (Lipinski definition) is 4. The van der Waals surface area contributed by atoms with Crippen molar-refractivity contribution in [2.24, 2.45) is 5.92 Å². The molecule has 2 N–H and O–H groups in total. The molecule has 2 rings (SSSR count). The zero-order valence-electron chi connectivity index (χ0n) is 12.4. The van der Waals surface area contributed by atoms with Gasteiger partial charge in [-0.3, -0.25) is 9.69 Å². The second-order valence-corrected chi connectivity index (χ2v) is 6.02. The number of piperidine rings is 1. The quantitative estimate of drug-likeness (QED) is 0.646. The fourth-order valence-electron chi connectivity index (χ4n) is 2.76. The summed E-state index contributed by atoms with van der Waals surface area (Å²) in [5.74, 6) is 0.890. The van der Waals surface area contributed by atoms with Gasteiger partial charge in [-0.2, -0.15) is 0 Å². The van der Waals surface area contributed by atoms with Crippen molar-refractivity contribution in [3.05, 3.63) is 0 Å². The molecule has 0 aromatic rings. The predicted molar refractivity (Wildman–Crippen MR) is 77.5 cm³/mol. The van der Waals surface area contributed by atoms with E-state index in [1.807, 2.05) is 0 Å². The third-order valence-corrected chi connectivity index (χ3v) is 4.37. The number of rotatable bonds is 8. The van der Waals surface area contributed by atoms with E-state index in [9.17, 15) is 4.79 Å². The Balaban J connectivity index is 1.53. The second-order valence-electron chi connectivity index (χ2n) is 6.02. The van der Waals surface area contributed by atoms with Crippen LogP contribution < -0.4 is 5.32 Å². The molecule has 2 aliphatic rings. The minimum atomic E-state index is 0.163. The zero-order chi connectivity index (χ0) is 14.2. The van der Waals surface area contributed by atoms with Crippen LogP contribution in [0.15, 0.2) is 0 Å². The number of hydrogen-bond donors (Lipinski definition) is 2. The number of aliphatic hydroxyl groups excluding tert-OH is 1. The Labute approximate surface area is 121 Å². The number of aliphatic hydroxyl groups is 1. The third-order valence-electron chi connectivity index (χ3n) is 4.37. The summed E-state index contributed by atoms with van der Waals surface area (Å²) in [6.45, 7) is 4.08. The lowest BCUT2D eigenvalue weighted by molar-refractivity contribution is -0.123. The van der Waals surface area contributed by atoms with Crippen LogP contribution in [0, 0.1) is 5.92 Å². The van der Waals surface area contributed by atoms with Gasteiger partial charge in [0, 0.05) is 32.8 Å². The van der Waals surface area contributed by atoms with E-state index in [-0.39, 0.29) is 12.5 Å². The van der Waals surface area contributed by atoms with Crippen LogP contribution in [0.4, 0.5) is 0 Å². The standard InChI is InChI=1S/C15H28N2O3/c18-9-2-10-20-14-5-7-17(8-6-14)12-15(19)16-11-13-3-1-4-13/h13-14,18H,1-12H2,(H,16,19). The first-order chi connectivity index (χ1) is 9.78. The van der Waals surface area contributed by atoms with Crippen molar-refractivity contribution in [1.29, 1.82) is 0 Å². The molecule has 0 bridgehead atoms. The predicted octanol–water partition coefficient (Wildman–Crippen LogP) is 0.766. The topological polar surface area (TPSA) is 61.8 Å². The number of carbonyl (C=O) groups excluding carboxylic acids is 1. The number of nitrogens with zero attached hydrogens (tertiary/aromatic N) is 1. The molecular formula is C15H28N2O3. The first-order valence-electron chi connectivity index (χ1n) is 7.99. The summed E-state index contributed by atoms with van der Waals surface area (Å²) in [6, 6.07) is 0. The number of carbonyl (C=O) groups is 1. The lowest BCUT2D eigenvalue weighted by Crippen LogP contribution is -2.44. The van der Waals surface area contributed by atoms with Crippen LogP contribution in [0.25, 0.3) is 0 Å². The highest BCUT2D eigenvalue weighted by Gasteiger charge is 2.22. The Kier molecular flexibility index (Phi) is 6.76. The van der Waals surface area contributed by atoms with Gasteiger partial charge in [0.15, 0.2) is 0 Å². The van der Waals surface area contributed by atoms with Crippen molar-refractivity contribution >= 4 is 5.91 Å². The molecule has 5 heteroatoms. The molecule has 2 fully saturated rings. The van der Waals surface area contributed by atoms with Gasteiger partial charge in [0.2, 0.25) is 5.91 Å². The lowest BCUT2D eigenvalue weighted by Gasteiger charge is -2.32. The first kappa shape index (κ1) is 15.7. The summed E-state index contributed by atoms with van der Waals surface area (Å²) >= 11 is 0. The van der Waals surface area contributed by atoms with Crippen LogP contribution in [-0.4, -0.2) is 61.4 Å². The normalized spacial score (nSPS) is 21.6. The smallest absolute Gasteiger partial charge is 0.234 e. The summed E-state index contributed by atoms with van der Waals surface area (Å²) in [7, 11) is 0. The Bertz CT molecular complexity index is 287. The maximum atomic E-state index is 11.8. The highest BCUT2D eigenvalue weighted by Crippen LogP contribution is 2.25. The van der Waals surface area contributed by atoms with Gasteiger partial charge in [-0.25, -0.2) is 0 Å². The van der Waals surface area contributed by atoms with Crippen LogP contribution in [-0.2, 0) is 9.53 Å². The fourth-order valence-corrected chi connectivity index (χ4v) is 2.76. The summed E-state index contributed by atoms with van der Waals surface area (Å²) in [6.07, 6.45) is 6.86. The average molecular weight is 284 g/mol. The Morgan fingerprint density at radius 1 is 1.25 bits per heavy atom. The van der Waals surface area contributed by atoms with E-state index in [0.717, 1.165) is 38.4 Å². The second kappa shape index (κ2) is 8.60. The first-order valence-corrected chi connectivity index (χ1v) is 7.99. The summed E-state index contributed by atoms with van der Waals surface area (Å²) in [4.78, 5) is 14.0. The molecule has 0 unspecified atom stereocenters. The summed E-state index contributed by atoms with van der Waals surface area (Å²) in [5.41, 5.74) is 0. The molecule has 1 amide bonds. The Hall–Kier alpha value is -0.650. The fraction of sp³-hybridized carbons (Fsp3) is 0.933. The Morgan fingerprint density at radius 2 is 2.00 bits per heavy atom. The van der Waals surface area contributed by atoms with E-state index in [1.165, 1.54) is 19.3 Å². The van der Waals surface area contributed by atoms with Crippen molar-refractivity contribution in [1.82, 2.24) is 10.2 Å². The van der Waals surface area contributed by atoms with Crippen molar-refractivity contribution in [3.8, 4) is 0 Å². The highest BCUT2D eigenvalue weighted by atomic mass is 16.5. The minimum Gasteiger partial charge on any atom is -0.396 e. The monoisotopic (exact) mass is 284 g/mol. The van der Waals surface area contributed by atoms with Crippen LogP contribution in [0.2, 0.25) is 0 Å². The van der Waals surface area contributed by atoms with Gasteiger partial charge < -0.3 is 15.2 Å². The summed E-state index contributed by atoms with van der Waals surface area (Å²) < 4.78 is 5.69. The molecule has 1 aliphatic carbocycles. The molecule has 116 valence electrons. The SMILES string of the molecule is O=C(CN1CCC(OCCCO)CC1)NCC1CCC1. The molecule has 1 saturated heterocycles. The molecular weight excluding hydrogens is 256 g/mol. The molecule has 20 heavy (non-hydrogen) atoms. The van der Waals surface area contributed by atoms with E-state index in [1.54, 1.807) is 0 Å². The van der Waals surface area contributed by atoms with Gasteiger partial charge in [0.05, 0.1) is 12.6 Å². The molecule has 1 aliphatic heterocycles. The number of likely N-dealkylation sites (tertiary alicyclic amines) is 1. The largest absolute Gasteiger partial charge is 0.396 e.